The van der Waals surface area contributed by atoms with Crippen molar-refractivity contribution in [3.63, 3.8) is 0 Å². The molecule has 0 radical (unpaired) electrons. The number of piperazine rings is 1. The minimum Gasteiger partial charge on any atom is -0.339 e. The highest BCUT2D eigenvalue weighted by molar-refractivity contribution is 7.13. The third-order valence-electron chi connectivity index (χ3n) is 5.09. The Morgan fingerprint density at radius 2 is 1.58 bits per heavy atom. The highest BCUT2D eigenvalue weighted by atomic mass is 35.5. The van der Waals surface area contributed by atoms with Crippen LogP contribution in [0, 0.1) is 0 Å². The van der Waals surface area contributed by atoms with Gasteiger partial charge in [0.2, 0.25) is 5.91 Å². The zero-order chi connectivity index (χ0) is 22.0. The number of halogens is 3. The molecule has 0 N–H and O–H groups in total. The molecule has 2 aromatic carbocycles. The fourth-order valence-electron chi connectivity index (χ4n) is 3.41. The van der Waals surface area contributed by atoms with E-state index in [2.05, 4.69) is 4.98 Å². The summed E-state index contributed by atoms with van der Waals surface area (Å²) in [6.07, 6.45) is 0.217. The standard InChI is InChI=1S/C22H18Cl3N3O2S/c23-17-6-2-1-4-15(17)21-26-14(13-31-21)12-19(29)27-8-10-28(11-9-27)22(30)16-5-3-7-18(24)20(16)25/h1-7,13H,8-12H2. The summed E-state index contributed by atoms with van der Waals surface area (Å²) in [5, 5.41) is 3.92. The molecule has 9 heteroatoms. The number of thiazole rings is 1. The first-order valence-corrected chi connectivity index (χ1v) is 11.7. The Hall–Kier alpha value is -2.12. The van der Waals surface area contributed by atoms with Gasteiger partial charge in [0.15, 0.2) is 0 Å². The molecule has 2 heterocycles. The summed E-state index contributed by atoms with van der Waals surface area (Å²) in [6.45, 7) is 1.80. The maximum atomic E-state index is 12.8. The summed E-state index contributed by atoms with van der Waals surface area (Å²) < 4.78 is 0. The lowest BCUT2D eigenvalue weighted by atomic mass is 10.1. The van der Waals surface area contributed by atoms with Gasteiger partial charge in [0, 0.05) is 37.1 Å². The van der Waals surface area contributed by atoms with E-state index in [4.69, 9.17) is 34.8 Å². The molecule has 4 rings (SSSR count). The fraction of sp³-hybridized carbons (Fsp3) is 0.227. The molecule has 0 atom stereocenters. The van der Waals surface area contributed by atoms with Gasteiger partial charge in [-0.25, -0.2) is 4.98 Å². The fourth-order valence-corrected chi connectivity index (χ4v) is 4.93. The SMILES string of the molecule is O=C(Cc1csc(-c2ccccc2Cl)n1)N1CCN(C(=O)c2cccc(Cl)c2Cl)CC1. The second-order valence-corrected chi connectivity index (χ2v) is 9.13. The van der Waals surface area contributed by atoms with E-state index in [9.17, 15) is 9.59 Å². The molecule has 0 aliphatic carbocycles. The van der Waals surface area contributed by atoms with Crippen LogP contribution in [0.5, 0.6) is 0 Å². The van der Waals surface area contributed by atoms with E-state index in [-0.39, 0.29) is 23.3 Å². The zero-order valence-corrected chi connectivity index (χ0v) is 19.4. The van der Waals surface area contributed by atoms with Crippen molar-refractivity contribution in [2.24, 2.45) is 0 Å². The number of carbonyl (C=O) groups is 2. The first-order valence-electron chi connectivity index (χ1n) is 9.64. The van der Waals surface area contributed by atoms with Crippen molar-refractivity contribution in [1.82, 2.24) is 14.8 Å². The minimum atomic E-state index is -0.177. The van der Waals surface area contributed by atoms with Gasteiger partial charge in [-0.1, -0.05) is 59.1 Å². The highest BCUT2D eigenvalue weighted by Gasteiger charge is 2.26. The third-order valence-corrected chi connectivity index (χ3v) is 7.16. The number of benzene rings is 2. The van der Waals surface area contributed by atoms with Gasteiger partial charge in [0.1, 0.15) is 5.01 Å². The first-order chi connectivity index (χ1) is 14.9. The normalized spacial score (nSPS) is 14.0. The van der Waals surface area contributed by atoms with Crippen molar-refractivity contribution in [3.8, 4) is 10.6 Å². The van der Waals surface area contributed by atoms with Gasteiger partial charge in [0.05, 0.1) is 32.7 Å². The van der Waals surface area contributed by atoms with E-state index >= 15 is 0 Å². The summed E-state index contributed by atoms with van der Waals surface area (Å²) in [4.78, 5) is 33.5. The molecule has 0 spiro atoms. The number of aromatic nitrogens is 1. The van der Waals surface area contributed by atoms with E-state index in [1.54, 1.807) is 28.0 Å². The van der Waals surface area contributed by atoms with Crippen molar-refractivity contribution in [3.05, 3.63) is 74.2 Å². The lowest BCUT2D eigenvalue weighted by Crippen LogP contribution is -2.51. The second-order valence-electron chi connectivity index (χ2n) is 7.07. The Balaban J connectivity index is 1.35. The summed E-state index contributed by atoms with van der Waals surface area (Å²) in [6, 6.07) is 12.5. The molecule has 1 aliphatic heterocycles. The van der Waals surface area contributed by atoms with Crippen molar-refractivity contribution in [1.29, 1.82) is 0 Å². The molecule has 0 saturated carbocycles. The largest absolute Gasteiger partial charge is 0.339 e. The van der Waals surface area contributed by atoms with Crippen LogP contribution in [0.1, 0.15) is 16.1 Å². The third kappa shape index (κ3) is 4.88. The van der Waals surface area contributed by atoms with Crippen LogP contribution in [0.2, 0.25) is 15.1 Å². The second kappa shape index (κ2) is 9.57. The van der Waals surface area contributed by atoms with E-state index in [1.807, 2.05) is 29.6 Å². The lowest BCUT2D eigenvalue weighted by molar-refractivity contribution is -0.132. The predicted octanol–water partition coefficient (Wildman–Crippen LogP) is 5.30. The average Bonchev–Trinajstić information content (AvgIpc) is 3.24. The molecule has 1 aliphatic rings. The van der Waals surface area contributed by atoms with Crippen LogP contribution in [0.4, 0.5) is 0 Å². The quantitative estimate of drug-likeness (QED) is 0.495. The highest BCUT2D eigenvalue weighted by Crippen LogP contribution is 2.30. The van der Waals surface area contributed by atoms with Crippen molar-refractivity contribution >= 4 is 58.0 Å². The molecule has 0 bridgehead atoms. The number of hydrogen-bond donors (Lipinski definition) is 0. The summed E-state index contributed by atoms with van der Waals surface area (Å²) in [5.74, 6) is -0.188. The van der Waals surface area contributed by atoms with Crippen LogP contribution in [0.3, 0.4) is 0 Å². The number of amides is 2. The molecule has 3 aromatic rings. The maximum Gasteiger partial charge on any atom is 0.255 e. The molecule has 1 aromatic heterocycles. The number of hydrogen-bond acceptors (Lipinski definition) is 4. The monoisotopic (exact) mass is 493 g/mol. The summed E-state index contributed by atoms with van der Waals surface area (Å²) in [7, 11) is 0. The van der Waals surface area contributed by atoms with Gasteiger partial charge in [-0.05, 0) is 18.2 Å². The smallest absolute Gasteiger partial charge is 0.255 e. The molecule has 2 amide bonds. The molecular formula is C22H18Cl3N3O2S. The Kier molecular flexibility index (Phi) is 6.82. The minimum absolute atomic E-state index is 0.0103. The van der Waals surface area contributed by atoms with E-state index in [0.717, 1.165) is 10.6 Å². The predicted molar refractivity (Wildman–Crippen MR) is 125 cm³/mol. The van der Waals surface area contributed by atoms with Crippen molar-refractivity contribution in [2.75, 3.05) is 26.2 Å². The van der Waals surface area contributed by atoms with E-state index < -0.39 is 0 Å². The Labute approximate surface area is 199 Å². The number of nitrogens with zero attached hydrogens (tertiary/aromatic N) is 3. The van der Waals surface area contributed by atoms with Crippen LogP contribution in [0.15, 0.2) is 47.8 Å². The van der Waals surface area contributed by atoms with Crippen LogP contribution in [-0.2, 0) is 11.2 Å². The molecule has 0 unspecified atom stereocenters. The maximum absolute atomic E-state index is 12.8. The van der Waals surface area contributed by atoms with E-state index in [0.29, 0.717) is 47.5 Å². The van der Waals surface area contributed by atoms with Gasteiger partial charge in [0.25, 0.3) is 5.91 Å². The van der Waals surface area contributed by atoms with Gasteiger partial charge in [-0.2, -0.15) is 0 Å². The molecule has 1 saturated heterocycles. The molecular weight excluding hydrogens is 477 g/mol. The molecule has 5 nitrogen and oxygen atoms in total. The van der Waals surface area contributed by atoms with E-state index in [1.165, 1.54) is 11.3 Å². The van der Waals surface area contributed by atoms with Crippen LogP contribution >= 0.6 is 46.1 Å². The van der Waals surface area contributed by atoms with Crippen LogP contribution in [0.25, 0.3) is 10.6 Å². The number of carbonyl (C=O) groups excluding carboxylic acids is 2. The average molecular weight is 495 g/mol. The Bertz CT molecular complexity index is 1130. The molecule has 1 fully saturated rings. The van der Waals surface area contributed by atoms with Crippen molar-refractivity contribution < 1.29 is 9.59 Å². The topological polar surface area (TPSA) is 53.5 Å². The van der Waals surface area contributed by atoms with Crippen molar-refractivity contribution in [2.45, 2.75) is 6.42 Å². The van der Waals surface area contributed by atoms with Gasteiger partial charge >= 0.3 is 0 Å². The summed E-state index contributed by atoms with van der Waals surface area (Å²) >= 11 is 19.9. The molecule has 31 heavy (non-hydrogen) atoms. The van der Waals surface area contributed by atoms with Crippen LogP contribution in [-0.4, -0.2) is 52.8 Å². The van der Waals surface area contributed by atoms with Gasteiger partial charge < -0.3 is 9.80 Å². The Morgan fingerprint density at radius 3 is 2.32 bits per heavy atom. The Morgan fingerprint density at radius 1 is 0.903 bits per heavy atom. The molecule has 160 valence electrons. The number of rotatable bonds is 4. The lowest BCUT2D eigenvalue weighted by Gasteiger charge is -2.35. The summed E-state index contributed by atoms with van der Waals surface area (Å²) in [5.41, 5.74) is 1.96. The first kappa shape index (κ1) is 22.1. The van der Waals surface area contributed by atoms with Crippen LogP contribution < -0.4 is 0 Å². The van der Waals surface area contributed by atoms with Gasteiger partial charge in [-0.15, -0.1) is 11.3 Å². The van der Waals surface area contributed by atoms with Gasteiger partial charge in [-0.3, -0.25) is 9.59 Å². The zero-order valence-electron chi connectivity index (χ0n) is 16.4.